The fourth-order valence-electron chi connectivity index (χ4n) is 5.66. The molecule has 0 fully saturated rings. The zero-order valence-electron chi connectivity index (χ0n) is 21.5. The second kappa shape index (κ2) is 10.4. The first-order chi connectivity index (χ1) is 17.9. The zero-order chi connectivity index (χ0) is 26.1. The molecule has 37 heavy (non-hydrogen) atoms. The van der Waals surface area contributed by atoms with Crippen molar-refractivity contribution in [1.29, 1.82) is 0 Å². The number of hydrogen-bond acceptors (Lipinski definition) is 4. The highest BCUT2D eigenvalue weighted by molar-refractivity contribution is 6.04. The molecule has 3 heterocycles. The molecule has 2 aliphatic heterocycles. The average Bonchev–Trinajstić information content (AvgIpc) is 3.41. The maximum absolute atomic E-state index is 13.9. The summed E-state index contributed by atoms with van der Waals surface area (Å²) in [7, 11) is 1.62. The van der Waals surface area contributed by atoms with Gasteiger partial charge in [0.2, 0.25) is 11.8 Å². The molecule has 1 aromatic heterocycles. The summed E-state index contributed by atoms with van der Waals surface area (Å²) >= 11 is 0. The quantitative estimate of drug-likeness (QED) is 0.391. The summed E-state index contributed by atoms with van der Waals surface area (Å²) in [6, 6.07) is 13.8. The maximum Gasteiger partial charge on any atom is 0.255 e. The number of fused-ring (bicyclic) bond motifs is 7. The van der Waals surface area contributed by atoms with Gasteiger partial charge in [0.05, 0.1) is 6.04 Å². The molecule has 3 N–H and O–H groups in total. The van der Waals surface area contributed by atoms with E-state index in [1.165, 1.54) is 0 Å². The third-order valence-corrected chi connectivity index (χ3v) is 7.32. The zero-order valence-corrected chi connectivity index (χ0v) is 21.5. The standard InChI is InChI=1S/C29H34N4O4/c1-17(2)15-23(27(34)30-13-8-14-37-3)32-28(35)24-16-21-18-9-6-7-12-22(18)31-25(21)26-19-10-4-5-11-20(19)29(36)33(24)26/h4-7,9-12,17,23-24,26,31H,8,13-16H2,1-3H3,(H,30,34)(H,32,35). The summed E-state index contributed by atoms with van der Waals surface area (Å²) in [5, 5.41) is 6.98. The number of hydrogen-bond donors (Lipinski definition) is 3. The van der Waals surface area contributed by atoms with E-state index in [9.17, 15) is 14.4 Å². The van der Waals surface area contributed by atoms with Crippen LogP contribution in [0.5, 0.6) is 0 Å². The van der Waals surface area contributed by atoms with E-state index in [2.05, 4.69) is 15.6 Å². The minimum absolute atomic E-state index is 0.158. The van der Waals surface area contributed by atoms with Gasteiger partial charge < -0.3 is 25.3 Å². The number of H-pyrrole nitrogens is 1. The number of nitrogens with one attached hydrogen (secondary N) is 3. The van der Waals surface area contributed by atoms with Crippen LogP contribution in [0.4, 0.5) is 0 Å². The minimum atomic E-state index is -0.729. The van der Waals surface area contributed by atoms with Crippen LogP contribution in [0.25, 0.3) is 10.9 Å². The molecule has 2 aliphatic rings. The van der Waals surface area contributed by atoms with Gasteiger partial charge in [0.1, 0.15) is 12.1 Å². The highest BCUT2D eigenvalue weighted by Crippen LogP contribution is 2.46. The van der Waals surface area contributed by atoms with Crippen LogP contribution in [0.15, 0.2) is 48.5 Å². The first-order valence-corrected chi connectivity index (χ1v) is 13.0. The maximum atomic E-state index is 13.9. The molecular formula is C29H34N4O4. The molecule has 3 amide bonds. The third-order valence-electron chi connectivity index (χ3n) is 7.32. The Kier molecular flexibility index (Phi) is 7.02. The smallest absolute Gasteiger partial charge is 0.255 e. The van der Waals surface area contributed by atoms with Crippen molar-refractivity contribution in [3.63, 3.8) is 0 Å². The van der Waals surface area contributed by atoms with Gasteiger partial charge >= 0.3 is 0 Å². The van der Waals surface area contributed by atoms with Crippen LogP contribution in [0.3, 0.4) is 0 Å². The predicted octanol–water partition coefficient (Wildman–Crippen LogP) is 3.32. The van der Waals surface area contributed by atoms with Crippen molar-refractivity contribution in [2.24, 2.45) is 5.92 Å². The molecule has 2 aromatic carbocycles. The number of para-hydroxylation sites is 1. The van der Waals surface area contributed by atoms with E-state index in [0.29, 0.717) is 38.0 Å². The van der Waals surface area contributed by atoms with Crippen molar-refractivity contribution in [2.45, 2.75) is 51.2 Å². The summed E-state index contributed by atoms with van der Waals surface area (Å²) in [5.74, 6) is -0.476. The van der Waals surface area contributed by atoms with E-state index in [-0.39, 0.29) is 29.7 Å². The van der Waals surface area contributed by atoms with Gasteiger partial charge in [-0.15, -0.1) is 0 Å². The molecule has 3 atom stereocenters. The third kappa shape index (κ3) is 4.62. The van der Waals surface area contributed by atoms with Crippen molar-refractivity contribution in [3.8, 4) is 0 Å². The molecule has 0 bridgehead atoms. The van der Waals surface area contributed by atoms with Crippen molar-refractivity contribution in [3.05, 3.63) is 70.9 Å². The Morgan fingerprint density at radius 1 is 1.14 bits per heavy atom. The van der Waals surface area contributed by atoms with Crippen molar-refractivity contribution < 1.29 is 19.1 Å². The van der Waals surface area contributed by atoms with Crippen molar-refractivity contribution >= 4 is 28.6 Å². The number of methoxy groups -OCH3 is 1. The fourth-order valence-corrected chi connectivity index (χ4v) is 5.66. The molecule has 3 unspecified atom stereocenters. The van der Waals surface area contributed by atoms with Crippen LogP contribution in [-0.4, -0.2) is 60.0 Å². The highest BCUT2D eigenvalue weighted by Gasteiger charge is 2.49. The number of aromatic nitrogens is 1. The van der Waals surface area contributed by atoms with E-state index in [1.54, 1.807) is 12.0 Å². The number of carbonyl (C=O) groups excluding carboxylic acids is 3. The van der Waals surface area contributed by atoms with Gasteiger partial charge in [-0.25, -0.2) is 0 Å². The number of amides is 3. The summed E-state index contributed by atoms with van der Waals surface area (Å²) in [4.78, 5) is 45.7. The van der Waals surface area contributed by atoms with Crippen LogP contribution in [0, 0.1) is 5.92 Å². The molecule has 0 spiro atoms. The highest BCUT2D eigenvalue weighted by atomic mass is 16.5. The van der Waals surface area contributed by atoms with Crippen molar-refractivity contribution in [2.75, 3.05) is 20.3 Å². The molecule has 0 saturated carbocycles. The Hall–Kier alpha value is -3.65. The molecule has 0 radical (unpaired) electrons. The van der Waals surface area contributed by atoms with Crippen LogP contribution in [0.1, 0.15) is 59.9 Å². The van der Waals surface area contributed by atoms with E-state index >= 15 is 0 Å². The molecule has 8 heteroatoms. The number of benzene rings is 2. The van der Waals surface area contributed by atoms with E-state index in [1.807, 2.05) is 62.4 Å². The monoisotopic (exact) mass is 502 g/mol. The number of aromatic amines is 1. The normalized spacial score (nSPS) is 18.9. The Bertz CT molecular complexity index is 1330. The molecular weight excluding hydrogens is 468 g/mol. The molecule has 0 aliphatic carbocycles. The van der Waals surface area contributed by atoms with Gasteiger partial charge in [0.15, 0.2) is 0 Å². The number of ether oxygens (including phenoxy) is 1. The Morgan fingerprint density at radius 2 is 1.89 bits per heavy atom. The Morgan fingerprint density at radius 3 is 2.68 bits per heavy atom. The second-order valence-electron chi connectivity index (χ2n) is 10.3. The minimum Gasteiger partial charge on any atom is -0.385 e. The summed E-state index contributed by atoms with van der Waals surface area (Å²) < 4.78 is 5.06. The SMILES string of the molecule is COCCCNC(=O)C(CC(C)C)NC(=O)C1Cc2c([nH]c3ccccc23)C2c3ccccc3C(=O)N12. The topological polar surface area (TPSA) is 104 Å². The van der Waals surface area contributed by atoms with Crippen LogP contribution in [-0.2, 0) is 20.7 Å². The van der Waals surface area contributed by atoms with Gasteiger partial charge in [0.25, 0.3) is 5.91 Å². The van der Waals surface area contributed by atoms with Gasteiger partial charge in [0, 0.05) is 48.8 Å². The largest absolute Gasteiger partial charge is 0.385 e. The molecule has 0 saturated heterocycles. The van der Waals surface area contributed by atoms with E-state index in [4.69, 9.17) is 4.74 Å². The lowest BCUT2D eigenvalue weighted by Crippen LogP contribution is -2.56. The summed E-state index contributed by atoms with van der Waals surface area (Å²) in [6.07, 6.45) is 1.58. The number of rotatable bonds is 9. The number of carbonyl (C=O) groups is 3. The first-order valence-electron chi connectivity index (χ1n) is 13.0. The predicted molar refractivity (Wildman–Crippen MR) is 141 cm³/mol. The second-order valence-corrected chi connectivity index (χ2v) is 10.3. The number of nitrogens with zero attached hydrogens (tertiary/aromatic N) is 1. The Labute approximate surface area is 216 Å². The lowest BCUT2D eigenvalue weighted by atomic mass is 9.89. The Balaban J connectivity index is 1.47. The van der Waals surface area contributed by atoms with Crippen LogP contribution < -0.4 is 10.6 Å². The molecule has 194 valence electrons. The molecule has 5 rings (SSSR count). The van der Waals surface area contributed by atoms with Crippen LogP contribution in [0.2, 0.25) is 0 Å². The summed E-state index contributed by atoms with van der Waals surface area (Å²) in [5.41, 5.74) is 4.50. The first kappa shape index (κ1) is 25.0. The van der Waals surface area contributed by atoms with Crippen LogP contribution >= 0.6 is 0 Å². The lowest BCUT2D eigenvalue weighted by Gasteiger charge is -2.37. The average molecular weight is 503 g/mol. The van der Waals surface area contributed by atoms with Crippen molar-refractivity contribution in [1.82, 2.24) is 20.5 Å². The lowest BCUT2D eigenvalue weighted by molar-refractivity contribution is -0.132. The molecule has 8 nitrogen and oxygen atoms in total. The van der Waals surface area contributed by atoms with Gasteiger partial charge in [-0.3, -0.25) is 14.4 Å². The fraction of sp³-hybridized carbons (Fsp3) is 0.414. The summed E-state index contributed by atoms with van der Waals surface area (Å²) in [6.45, 7) is 5.07. The van der Waals surface area contributed by atoms with E-state index in [0.717, 1.165) is 27.7 Å². The molecule has 3 aromatic rings. The van der Waals surface area contributed by atoms with Gasteiger partial charge in [-0.2, -0.15) is 0 Å². The van der Waals surface area contributed by atoms with Gasteiger partial charge in [-0.05, 0) is 42.0 Å². The van der Waals surface area contributed by atoms with Gasteiger partial charge in [-0.1, -0.05) is 50.2 Å². The van der Waals surface area contributed by atoms with E-state index < -0.39 is 12.1 Å².